The highest BCUT2D eigenvalue weighted by Gasteiger charge is 2.06. The molecule has 2 amide bonds. The first kappa shape index (κ1) is 13.9. The normalized spacial score (nSPS) is 10.4. The van der Waals surface area contributed by atoms with E-state index < -0.39 is 0 Å². The molecule has 0 radical (unpaired) electrons. The molecule has 1 N–H and O–H groups in total. The van der Waals surface area contributed by atoms with Crippen LogP contribution in [0.4, 0.5) is 4.79 Å². The third kappa shape index (κ3) is 4.28. The van der Waals surface area contributed by atoms with E-state index in [1.165, 1.54) is 0 Å². The van der Waals surface area contributed by atoms with Gasteiger partial charge in [0.05, 0.1) is 0 Å². The van der Waals surface area contributed by atoms with E-state index in [1.807, 2.05) is 66.7 Å². The molecule has 0 saturated heterocycles. The van der Waals surface area contributed by atoms with E-state index in [2.05, 4.69) is 5.32 Å². The molecule has 2 rings (SSSR count). The number of benzene rings is 2. The Hall–Kier alpha value is -2.55. The van der Waals surface area contributed by atoms with Gasteiger partial charge in [-0.15, -0.1) is 0 Å². The summed E-state index contributed by atoms with van der Waals surface area (Å²) in [5.74, 6) is 0. The number of nitrogens with one attached hydrogen (secondary N) is 1. The molecule has 0 aliphatic heterocycles. The van der Waals surface area contributed by atoms with Crippen molar-refractivity contribution in [2.75, 3.05) is 7.05 Å². The summed E-state index contributed by atoms with van der Waals surface area (Å²) in [5, 5.41) is 2.76. The van der Waals surface area contributed by atoms with Crippen LogP contribution >= 0.6 is 0 Å². The Labute approximate surface area is 119 Å². The zero-order chi connectivity index (χ0) is 14.2. The smallest absolute Gasteiger partial charge is 0.321 e. The summed E-state index contributed by atoms with van der Waals surface area (Å²) in [6, 6.07) is 19.6. The van der Waals surface area contributed by atoms with E-state index in [0.29, 0.717) is 6.54 Å². The molecule has 3 nitrogen and oxygen atoms in total. The van der Waals surface area contributed by atoms with Crippen LogP contribution in [0.15, 0.2) is 66.9 Å². The predicted molar refractivity (Wildman–Crippen MR) is 81.9 cm³/mol. The zero-order valence-electron chi connectivity index (χ0n) is 11.5. The number of carbonyl (C=O) groups is 1. The van der Waals surface area contributed by atoms with Gasteiger partial charge in [0, 0.05) is 19.8 Å². The van der Waals surface area contributed by atoms with Crippen molar-refractivity contribution in [1.29, 1.82) is 0 Å². The molecule has 0 bridgehead atoms. The summed E-state index contributed by atoms with van der Waals surface area (Å²) in [7, 11) is 1.78. The molecule has 3 heteroatoms. The van der Waals surface area contributed by atoms with Crippen molar-refractivity contribution >= 4 is 12.1 Å². The van der Waals surface area contributed by atoms with E-state index in [4.69, 9.17) is 0 Å². The van der Waals surface area contributed by atoms with Gasteiger partial charge in [-0.2, -0.15) is 0 Å². The standard InChI is InChI=1S/C17H18N2O/c1-19(14-16-10-6-3-7-11-16)17(20)18-13-12-15-8-4-2-5-9-15/h2-13H,14H2,1H3,(H,18,20)/b13-12+. The maximum Gasteiger partial charge on any atom is 0.321 e. The zero-order valence-corrected chi connectivity index (χ0v) is 11.5. The molecule has 2 aromatic carbocycles. The highest BCUT2D eigenvalue weighted by atomic mass is 16.2. The lowest BCUT2D eigenvalue weighted by Crippen LogP contribution is -2.33. The molecule has 0 spiro atoms. The SMILES string of the molecule is CN(Cc1ccccc1)C(=O)N/C=C/c1ccccc1. The van der Waals surface area contributed by atoms with E-state index in [-0.39, 0.29) is 6.03 Å². The van der Waals surface area contributed by atoms with Gasteiger partial charge in [-0.05, 0) is 17.2 Å². The molecule has 0 saturated carbocycles. The summed E-state index contributed by atoms with van der Waals surface area (Å²) in [6.45, 7) is 0.589. The number of hydrogen-bond donors (Lipinski definition) is 1. The molecule has 0 aliphatic rings. The minimum Gasteiger partial charge on any atom is -0.323 e. The molecular formula is C17H18N2O. The first-order chi connectivity index (χ1) is 9.75. The monoisotopic (exact) mass is 266 g/mol. The quantitative estimate of drug-likeness (QED) is 0.902. The van der Waals surface area contributed by atoms with Crippen LogP contribution in [0.1, 0.15) is 11.1 Å². The largest absolute Gasteiger partial charge is 0.323 e. The Kier molecular flexibility index (Phi) is 4.95. The lowest BCUT2D eigenvalue weighted by molar-refractivity contribution is 0.211. The fraction of sp³-hybridized carbons (Fsp3) is 0.118. The molecule has 0 atom stereocenters. The number of amides is 2. The van der Waals surface area contributed by atoms with Gasteiger partial charge in [0.15, 0.2) is 0 Å². The number of hydrogen-bond acceptors (Lipinski definition) is 1. The van der Waals surface area contributed by atoms with Gasteiger partial charge in [0.1, 0.15) is 0 Å². The van der Waals surface area contributed by atoms with Gasteiger partial charge in [-0.25, -0.2) is 4.79 Å². The highest BCUT2D eigenvalue weighted by molar-refractivity contribution is 5.75. The Morgan fingerprint density at radius 3 is 2.30 bits per heavy atom. The Morgan fingerprint density at radius 1 is 1.05 bits per heavy atom. The van der Waals surface area contributed by atoms with Gasteiger partial charge < -0.3 is 10.2 Å². The molecule has 102 valence electrons. The van der Waals surface area contributed by atoms with Crippen LogP contribution < -0.4 is 5.32 Å². The van der Waals surface area contributed by atoms with Crippen molar-refractivity contribution < 1.29 is 4.79 Å². The molecular weight excluding hydrogens is 248 g/mol. The molecule has 0 heterocycles. The van der Waals surface area contributed by atoms with Crippen LogP contribution in [0.5, 0.6) is 0 Å². The molecule has 0 fully saturated rings. The minimum absolute atomic E-state index is 0.124. The second-order valence-corrected chi connectivity index (χ2v) is 4.54. The first-order valence-corrected chi connectivity index (χ1v) is 6.53. The van der Waals surface area contributed by atoms with Crippen molar-refractivity contribution in [3.63, 3.8) is 0 Å². The average Bonchev–Trinajstić information content (AvgIpc) is 2.49. The highest BCUT2D eigenvalue weighted by Crippen LogP contribution is 2.03. The maximum absolute atomic E-state index is 11.9. The van der Waals surface area contributed by atoms with Crippen molar-refractivity contribution in [2.24, 2.45) is 0 Å². The van der Waals surface area contributed by atoms with Gasteiger partial charge >= 0.3 is 6.03 Å². The Morgan fingerprint density at radius 2 is 1.65 bits per heavy atom. The summed E-state index contributed by atoms with van der Waals surface area (Å²) in [5.41, 5.74) is 2.16. The van der Waals surface area contributed by atoms with Crippen LogP contribution in [0.2, 0.25) is 0 Å². The summed E-state index contributed by atoms with van der Waals surface area (Å²) in [6.07, 6.45) is 3.54. The van der Waals surface area contributed by atoms with E-state index in [0.717, 1.165) is 11.1 Å². The van der Waals surface area contributed by atoms with E-state index in [1.54, 1.807) is 18.1 Å². The van der Waals surface area contributed by atoms with Gasteiger partial charge in [-0.3, -0.25) is 0 Å². The lowest BCUT2D eigenvalue weighted by Gasteiger charge is -2.16. The average molecular weight is 266 g/mol. The number of urea groups is 1. The van der Waals surface area contributed by atoms with Crippen LogP contribution in [0.25, 0.3) is 6.08 Å². The number of rotatable bonds is 4. The van der Waals surface area contributed by atoms with Crippen molar-refractivity contribution in [3.8, 4) is 0 Å². The lowest BCUT2D eigenvalue weighted by atomic mass is 10.2. The second kappa shape index (κ2) is 7.14. The summed E-state index contributed by atoms with van der Waals surface area (Å²) in [4.78, 5) is 13.5. The van der Waals surface area contributed by atoms with Crippen LogP contribution in [-0.2, 0) is 6.54 Å². The van der Waals surface area contributed by atoms with Crippen LogP contribution in [0, 0.1) is 0 Å². The fourth-order valence-electron chi connectivity index (χ4n) is 1.81. The Bertz CT molecular complexity index is 564. The third-order valence-corrected chi connectivity index (χ3v) is 2.89. The van der Waals surface area contributed by atoms with Crippen molar-refractivity contribution in [2.45, 2.75) is 6.54 Å². The minimum atomic E-state index is -0.124. The van der Waals surface area contributed by atoms with E-state index in [9.17, 15) is 4.79 Å². The van der Waals surface area contributed by atoms with Crippen molar-refractivity contribution in [3.05, 3.63) is 78.0 Å². The summed E-state index contributed by atoms with van der Waals surface area (Å²) < 4.78 is 0. The maximum atomic E-state index is 11.9. The first-order valence-electron chi connectivity index (χ1n) is 6.53. The number of nitrogens with zero attached hydrogens (tertiary/aromatic N) is 1. The third-order valence-electron chi connectivity index (χ3n) is 2.89. The number of carbonyl (C=O) groups excluding carboxylic acids is 1. The van der Waals surface area contributed by atoms with Crippen molar-refractivity contribution in [1.82, 2.24) is 10.2 Å². The Balaban J connectivity index is 1.84. The van der Waals surface area contributed by atoms with Gasteiger partial charge in [0.25, 0.3) is 0 Å². The van der Waals surface area contributed by atoms with Crippen LogP contribution in [-0.4, -0.2) is 18.0 Å². The molecule has 2 aromatic rings. The predicted octanol–water partition coefficient (Wildman–Crippen LogP) is 3.50. The van der Waals surface area contributed by atoms with Gasteiger partial charge in [-0.1, -0.05) is 60.7 Å². The second-order valence-electron chi connectivity index (χ2n) is 4.54. The fourth-order valence-corrected chi connectivity index (χ4v) is 1.81. The molecule has 0 unspecified atom stereocenters. The molecule has 0 aliphatic carbocycles. The molecule has 20 heavy (non-hydrogen) atoms. The van der Waals surface area contributed by atoms with Gasteiger partial charge in [0.2, 0.25) is 0 Å². The topological polar surface area (TPSA) is 32.3 Å². The van der Waals surface area contributed by atoms with E-state index >= 15 is 0 Å². The molecule has 0 aromatic heterocycles. The summed E-state index contributed by atoms with van der Waals surface area (Å²) >= 11 is 0. The van der Waals surface area contributed by atoms with Crippen LogP contribution in [0.3, 0.4) is 0 Å².